The molecule has 7 heteroatoms. The number of esters is 1. The van der Waals surface area contributed by atoms with Gasteiger partial charge in [-0.15, -0.1) is 0 Å². The quantitative estimate of drug-likeness (QED) is 0.720. The molecule has 1 N–H and O–H groups in total. The van der Waals surface area contributed by atoms with Crippen LogP contribution in [0.25, 0.3) is 0 Å². The van der Waals surface area contributed by atoms with E-state index in [-0.39, 0.29) is 11.5 Å². The Morgan fingerprint density at radius 3 is 2.24 bits per heavy atom. The molecule has 5 nitrogen and oxygen atoms in total. The fourth-order valence-corrected chi connectivity index (χ4v) is 4.36. The van der Waals surface area contributed by atoms with Gasteiger partial charge in [0.2, 0.25) is 10.0 Å². The number of hydrogen-bond acceptors (Lipinski definition) is 4. The molecule has 25 heavy (non-hydrogen) atoms. The molecule has 0 spiro atoms. The summed E-state index contributed by atoms with van der Waals surface area (Å²) in [6.07, 6.45) is 1.52. The van der Waals surface area contributed by atoms with Gasteiger partial charge in [0.25, 0.3) is 0 Å². The van der Waals surface area contributed by atoms with Crippen molar-refractivity contribution in [3.05, 3.63) is 64.1 Å². The molecule has 1 fully saturated rings. The van der Waals surface area contributed by atoms with Crippen molar-refractivity contribution in [2.24, 2.45) is 0 Å². The van der Waals surface area contributed by atoms with E-state index in [1.54, 1.807) is 6.92 Å². The molecule has 0 radical (unpaired) electrons. The SMILES string of the molecule is CCOC(=O)c1ccc(S(=O)(=O)NC2(c3ccc(Br)cc3)CC2)cc1. The molecule has 0 atom stereocenters. The van der Waals surface area contributed by atoms with Crippen molar-refractivity contribution in [2.45, 2.75) is 30.2 Å². The number of halogens is 1. The van der Waals surface area contributed by atoms with Crippen LogP contribution in [0, 0.1) is 0 Å². The zero-order valence-corrected chi connectivity index (χ0v) is 16.1. The van der Waals surface area contributed by atoms with Gasteiger partial charge in [0.15, 0.2) is 0 Å². The maximum atomic E-state index is 12.7. The minimum Gasteiger partial charge on any atom is -0.462 e. The standard InChI is InChI=1S/C18H18BrNO4S/c1-2-24-17(21)13-3-9-16(10-4-13)25(22,23)20-18(11-12-18)14-5-7-15(19)8-6-14/h3-10,20H,2,11-12H2,1H3. The van der Waals surface area contributed by atoms with Gasteiger partial charge in [-0.05, 0) is 61.7 Å². The van der Waals surface area contributed by atoms with Gasteiger partial charge in [-0.25, -0.2) is 17.9 Å². The van der Waals surface area contributed by atoms with Crippen LogP contribution in [0.1, 0.15) is 35.7 Å². The second-order valence-electron chi connectivity index (χ2n) is 5.94. The van der Waals surface area contributed by atoms with E-state index in [1.807, 2.05) is 24.3 Å². The van der Waals surface area contributed by atoms with Crippen LogP contribution < -0.4 is 4.72 Å². The molecule has 0 bridgehead atoms. The molecule has 1 aliphatic carbocycles. The lowest BCUT2D eigenvalue weighted by atomic mass is 10.1. The van der Waals surface area contributed by atoms with Gasteiger partial charge in [0.1, 0.15) is 0 Å². The average molecular weight is 424 g/mol. The third-order valence-electron chi connectivity index (χ3n) is 4.15. The summed E-state index contributed by atoms with van der Waals surface area (Å²) in [5.41, 5.74) is 0.733. The molecular formula is C18H18BrNO4S. The average Bonchev–Trinajstić information content (AvgIpc) is 3.35. The lowest BCUT2D eigenvalue weighted by Gasteiger charge is -2.18. The van der Waals surface area contributed by atoms with Crippen molar-refractivity contribution in [3.8, 4) is 0 Å². The highest BCUT2D eigenvalue weighted by molar-refractivity contribution is 9.10. The molecule has 0 aliphatic heterocycles. The van der Waals surface area contributed by atoms with Crippen LogP contribution in [0.3, 0.4) is 0 Å². The van der Waals surface area contributed by atoms with Crippen molar-refractivity contribution >= 4 is 31.9 Å². The Hall–Kier alpha value is -1.70. The summed E-state index contributed by atoms with van der Waals surface area (Å²) < 4.78 is 34.1. The highest BCUT2D eigenvalue weighted by Gasteiger charge is 2.47. The summed E-state index contributed by atoms with van der Waals surface area (Å²) in [5.74, 6) is -0.465. The summed E-state index contributed by atoms with van der Waals surface area (Å²) in [6, 6.07) is 13.4. The molecule has 0 amide bonds. The van der Waals surface area contributed by atoms with Crippen LogP contribution in [0.4, 0.5) is 0 Å². The fraction of sp³-hybridized carbons (Fsp3) is 0.278. The van der Waals surface area contributed by atoms with E-state index in [2.05, 4.69) is 20.7 Å². The third-order valence-corrected chi connectivity index (χ3v) is 6.23. The summed E-state index contributed by atoms with van der Waals surface area (Å²) in [5, 5.41) is 0. The van der Waals surface area contributed by atoms with Crippen LogP contribution in [0.15, 0.2) is 57.9 Å². The Bertz CT molecular complexity index is 872. The first-order chi connectivity index (χ1) is 11.9. The maximum absolute atomic E-state index is 12.7. The molecule has 0 heterocycles. The van der Waals surface area contributed by atoms with Gasteiger partial charge >= 0.3 is 5.97 Å². The first-order valence-corrected chi connectivity index (χ1v) is 10.2. The zero-order chi connectivity index (χ0) is 18.1. The van der Waals surface area contributed by atoms with E-state index in [0.29, 0.717) is 5.56 Å². The number of rotatable bonds is 6. The monoisotopic (exact) mass is 423 g/mol. The van der Waals surface area contributed by atoms with Crippen molar-refractivity contribution in [1.82, 2.24) is 4.72 Å². The number of sulfonamides is 1. The van der Waals surface area contributed by atoms with E-state index in [0.717, 1.165) is 22.9 Å². The van der Waals surface area contributed by atoms with Crippen LogP contribution >= 0.6 is 15.9 Å². The fourth-order valence-electron chi connectivity index (χ4n) is 2.64. The predicted octanol–water partition coefficient (Wildman–Crippen LogP) is 3.59. The lowest BCUT2D eigenvalue weighted by molar-refractivity contribution is 0.0526. The van der Waals surface area contributed by atoms with Gasteiger partial charge in [-0.2, -0.15) is 0 Å². The number of hydrogen-bond donors (Lipinski definition) is 1. The highest BCUT2D eigenvalue weighted by atomic mass is 79.9. The summed E-state index contributed by atoms with van der Waals surface area (Å²) in [6.45, 7) is 1.99. The summed E-state index contributed by atoms with van der Waals surface area (Å²) in [7, 11) is -3.68. The van der Waals surface area contributed by atoms with Gasteiger partial charge in [-0.3, -0.25) is 0 Å². The van der Waals surface area contributed by atoms with Crippen LogP contribution in [0.5, 0.6) is 0 Å². The Morgan fingerprint density at radius 1 is 1.12 bits per heavy atom. The van der Waals surface area contributed by atoms with Gasteiger partial charge in [0, 0.05) is 4.47 Å². The van der Waals surface area contributed by atoms with E-state index in [4.69, 9.17) is 4.74 Å². The predicted molar refractivity (Wildman–Crippen MR) is 97.8 cm³/mol. The van der Waals surface area contributed by atoms with Crippen LogP contribution in [-0.2, 0) is 20.3 Å². The molecule has 0 aromatic heterocycles. The first kappa shape index (κ1) is 18.1. The second-order valence-corrected chi connectivity index (χ2v) is 8.54. The topological polar surface area (TPSA) is 72.5 Å². The van der Waals surface area contributed by atoms with Crippen LogP contribution in [-0.4, -0.2) is 21.0 Å². The van der Waals surface area contributed by atoms with Crippen molar-refractivity contribution < 1.29 is 17.9 Å². The van der Waals surface area contributed by atoms with Crippen molar-refractivity contribution in [1.29, 1.82) is 0 Å². The summed E-state index contributed by atoms with van der Waals surface area (Å²) >= 11 is 3.38. The van der Waals surface area contributed by atoms with E-state index < -0.39 is 21.5 Å². The Morgan fingerprint density at radius 2 is 1.72 bits per heavy atom. The molecule has 0 unspecified atom stereocenters. The van der Waals surface area contributed by atoms with E-state index in [1.165, 1.54) is 24.3 Å². The van der Waals surface area contributed by atoms with Crippen LogP contribution in [0.2, 0.25) is 0 Å². The van der Waals surface area contributed by atoms with E-state index >= 15 is 0 Å². The Kier molecular flexibility index (Phi) is 4.99. The Balaban J connectivity index is 1.80. The number of benzene rings is 2. The normalized spacial score (nSPS) is 15.6. The lowest BCUT2D eigenvalue weighted by Crippen LogP contribution is -2.34. The minimum atomic E-state index is -3.68. The molecule has 0 saturated heterocycles. The third kappa shape index (κ3) is 3.94. The smallest absolute Gasteiger partial charge is 0.338 e. The molecule has 2 aromatic rings. The maximum Gasteiger partial charge on any atom is 0.338 e. The summed E-state index contributed by atoms with van der Waals surface area (Å²) in [4.78, 5) is 11.8. The Labute approximate surface area is 155 Å². The zero-order valence-electron chi connectivity index (χ0n) is 13.7. The minimum absolute atomic E-state index is 0.129. The highest BCUT2D eigenvalue weighted by Crippen LogP contribution is 2.46. The van der Waals surface area contributed by atoms with Gasteiger partial charge < -0.3 is 4.74 Å². The molecule has 2 aromatic carbocycles. The van der Waals surface area contributed by atoms with Crippen molar-refractivity contribution in [3.63, 3.8) is 0 Å². The molecular weight excluding hydrogens is 406 g/mol. The number of nitrogens with one attached hydrogen (secondary N) is 1. The van der Waals surface area contributed by atoms with Gasteiger partial charge in [-0.1, -0.05) is 28.1 Å². The molecule has 132 valence electrons. The number of carbonyl (C=O) groups excluding carboxylic acids is 1. The van der Waals surface area contributed by atoms with E-state index in [9.17, 15) is 13.2 Å². The largest absolute Gasteiger partial charge is 0.462 e. The van der Waals surface area contributed by atoms with Gasteiger partial charge in [0.05, 0.1) is 22.6 Å². The first-order valence-electron chi connectivity index (χ1n) is 7.93. The molecule has 1 saturated carbocycles. The number of carbonyl (C=O) groups is 1. The number of ether oxygens (including phenoxy) is 1. The second kappa shape index (κ2) is 6.90. The van der Waals surface area contributed by atoms with Crippen molar-refractivity contribution in [2.75, 3.05) is 6.61 Å². The molecule has 1 aliphatic rings. The molecule has 3 rings (SSSR count).